The van der Waals surface area contributed by atoms with Gasteiger partial charge in [-0.1, -0.05) is 15.9 Å². The average Bonchev–Trinajstić information content (AvgIpc) is 2.09. The Morgan fingerprint density at radius 1 is 1.54 bits per heavy atom. The van der Waals surface area contributed by atoms with E-state index in [0.717, 1.165) is 3.57 Å². The summed E-state index contributed by atoms with van der Waals surface area (Å²) >= 11 is 8.24. The molecule has 1 aromatic rings. The number of hydrogen-bond donors (Lipinski definition) is 0. The third kappa shape index (κ3) is 2.82. The fourth-order valence-electron chi connectivity index (χ4n) is 0.781. The van der Waals surface area contributed by atoms with E-state index in [1.807, 2.05) is 22.6 Å². The van der Waals surface area contributed by atoms with Crippen molar-refractivity contribution in [3.05, 3.63) is 25.5 Å². The quantitative estimate of drug-likeness (QED) is 0.508. The molecule has 13 heavy (non-hydrogen) atoms. The van der Waals surface area contributed by atoms with Crippen LogP contribution in [0.1, 0.15) is 17.8 Å². The SMILES string of the molecule is FC(F)c1nc(CBr)cc(I)c1Br. The predicted molar refractivity (Wildman–Crippen MR) is 62.2 cm³/mol. The smallest absolute Gasteiger partial charge is 0.250 e. The summed E-state index contributed by atoms with van der Waals surface area (Å²) in [7, 11) is 0. The summed E-state index contributed by atoms with van der Waals surface area (Å²) in [6.07, 6.45) is -2.54. The van der Waals surface area contributed by atoms with Crippen LogP contribution in [0.5, 0.6) is 0 Å². The van der Waals surface area contributed by atoms with Crippen LogP contribution in [0, 0.1) is 3.57 Å². The molecule has 0 unspecified atom stereocenters. The van der Waals surface area contributed by atoms with Gasteiger partial charge in [-0.05, 0) is 44.6 Å². The highest BCUT2D eigenvalue weighted by molar-refractivity contribution is 14.1. The lowest BCUT2D eigenvalue weighted by Gasteiger charge is -2.06. The zero-order valence-electron chi connectivity index (χ0n) is 6.20. The molecule has 0 aromatic carbocycles. The van der Waals surface area contributed by atoms with E-state index in [1.165, 1.54) is 0 Å². The summed E-state index contributed by atoms with van der Waals surface area (Å²) in [4.78, 5) is 3.80. The van der Waals surface area contributed by atoms with Crippen molar-refractivity contribution >= 4 is 54.5 Å². The fraction of sp³-hybridized carbons (Fsp3) is 0.286. The Morgan fingerprint density at radius 2 is 2.15 bits per heavy atom. The molecule has 72 valence electrons. The number of pyridine rings is 1. The van der Waals surface area contributed by atoms with Crippen LogP contribution < -0.4 is 0 Å². The molecule has 0 aliphatic carbocycles. The maximum atomic E-state index is 12.4. The third-order valence-corrected chi connectivity index (χ3v) is 4.34. The van der Waals surface area contributed by atoms with Crippen molar-refractivity contribution in [3.63, 3.8) is 0 Å². The largest absolute Gasteiger partial charge is 0.281 e. The molecule has 0 radical (unpaired) electrons. The molecular formula is C7H4Br2F2IN. The van der Waals surface area contributed by atoms with Crippen molar-refractivity contribution in [3.8, 4) is 0 Å². The highest BCUT2D eigenvalue weighted by Gasteiger charge is 2.16. The van der Waals surface area contributed by atoms with Crippen molar-refractivity contribution in [2.75, 3.05) is 0 Å². The fourth-order valence-corrected chi connectivity index (χ4v) is 2.08. The second-order valence-corrected chi connectivity index (χ2v) is 4.74. The molecule has 0 N–H and O–H groups in total. The van der Waals surface area contributed by atoms with E-state index in [9.17, 15) is 8.78 Å². The molecule has 1 nitrogen and oxygen atoms in total. The molecule has 0 bridgehead atoms. The number of rotatable bonds is 2. The summed E-state index contributed by atoms with van der Waals surface area (Å²) in [5.74, 6) is 0. The van der Waals surface area contributed by atoms with Gasteiger partial charge in [0.05, 0.1) is 10.2 Å². The van der Waals surface area contributed by atoms with Gasteiger partial charge in [0, 0.05) is 8.90 Å². The molecule has 1 heterocycles. The van der Waals surface area contributed by atoms with E-state index in [0.29, 0.717) is 15.5 Å². The van der Waals surface area contributed by atoms with E-state index in [-0.39, 0.29) is 5.69 Å². The number of halogens is 5. The van der Waals surface area contributed by atoms with Crippen LogP contribution in [-0.4, -0.2) is 4.98 Å². The van der Waals surface area contributed by atoms with Gasteiger partial charge < -0.3 is 0 Å². The first kappa shape index (κ1) is 11.8. The highest BCUT2D eigenvalue weighted by atomic mass is 127. The molecule has 0 aliphatic heterocycles. The predicted octanol–water partition coefficient (Wildman–Crippen LogP) is 4.28. The second-order valence-electron chi connectivity index (χ2n) is 2.23. The van der Waals surface area contributed by atoms with Gasteiger partial charge in [-0.15, -0.1) is 0 Å². The minimum absolute atomic E-state index is 0.193. The Kier molecular flexibility index (Phi) is 4.50. The van der Waals surface area contributed by atoms with Gasteiger partial charge in [0.2, 0.25) is 0 Å². The molecular weight excluding hydrogens is 423 g/mol. The number of hydrogen-bond acceptors (Lipinski definition) is 1. The Labute approximate surface area is 105 Å². The molecule has 0 aliphatic rings. The number of alkyl halides is 3. The average molecular weight is 427 g/mol. The standard InChI is InChI=1S/C7H4Br2F2IN/c8-2-3-1-4(12)5(9)6(13-3)7(10)11/h1,7H,2H2. The van der Waals surface area contributed by atoms with E-state index in [4.69, 9.17) is 0 Å². The first-order valence-electron chi connectivity index (χ1n) is 3.25. The number of aromatic nitrogens is 1. The van der Waals surface area contributed by atoms with Gasteiger partial charge in [0.1, 0.15) is 5.69 Å². The third-order valence-electron chi connectivity index (χ3n) is 1.34. The van der Waals surface area contributed by atoms with Crippen LogP contribution in [0.15, 0.2) is 10.5 Å². The van der Waals surface area contributed by atoms with Crippen molar-refractivity contribution in [2.24, 2.45) is 0 Å². The summed E-state index contributed by atoms with van der Waals surface area (Å²) in [5, 5.41) is 0.482. The van der Waals surface area contributed by atoms with E-state index >= 15 is 0 Å². The molecule has 0 fully saturated rings. The van der Waals surface area contributed by atoms with Gasteiger partial charge in [-0.2, -0.15) is 0 Å². The maximum Gasteiger partial charge on any atom is 0.281 e. The Bertz CT molecular complexity index is 320. The lowest BCUT2D eigenvalue weighted by Crippen LogP contribution is -1.98. The minimum atomic E-state index is -2.54. The van der Waals surface area contributed by atoms with Gasteiger partial charge >= 0.3 is 0 Å². The van der Waals surface area contributed by atoms with E-state index < -0.39 is 6.43 Å². The van der Waals surface area contributed by atoms with Crippen molar-refractivity contribution < 1.29 is 8.78 Å². The Morgan fingerprint density at radius 3 is 2.62 bits per heavy atom. The van der Waals surface area contributed by atoms with Crippen LogP contribution >= 0.6 is 54.5 Å². The first-order chi connectivity index (χ1) is 6.06. The van der Waals surface area contributed by atoms with Crippen LogP contribution in [0.3, 0.4) is 0 Å². The summed E-state index contributed by atoms with van der Waals surface area (Å²) in [5.41, 5.74) is 0.421. The Hall–Kier alpha value is 0.700. The van der Waals surface area contributed by atoms with Crippen molar-refractivity contribution in [1.82, 2.24) is 4.98 Å². The monoisotopic (exact) mass is 425 g/mol. The molecule has 1 rings (SSSR count). The van der Waals surface area contributed by atoms with Gasteiger partial charge in [0.15, 0.2) is 0 Å². The summed E-state index contributed by atoms with van der Waals surface area (Å²) < 4.78 is 26.0. The minimum Gasteiger partial charge on any atom is -0.250 e. The molecule has 0 amide bonds. The van der Waals surface area contributed by atoms with E-state index in [2.05, 4.69) is 36.8 Å². The lowest BCUT2D eigenvalue weighted by molar-refractivity contribution is 0.145. The topological polar surface area (TPSA) is 12.9 Å². The van der Waals surface area contributed by atoms with Crippen LogP contribution in [-0.2, 0) is 5.33 Å². The normalized spacial score (nSPS) is 10.9. The maximum absolute atomic E-state index is 12.4. The van der Waals surface area contributed by atoms with Gasteiger partial charge in [0.25, 0.3) is 6.43 Å². The molecule has 0 spiro atoms. The van der Waals surface area contributed by atoms with Gasteiger partial charge in [-0.25, -0.2) is 13.8 Å². The lowest BCUT2D eigenvalue weighted by atomic mass is 10.3. The second kappa shape index (κ2) is 4.97. The van der Waals surface area contributed by atoms with Gasteiger partial charge in [-0.3, -0.25) is 0 Å². The van der Waals surface area contributed by atoms with E-state index in [1.54, 1.807) is 6.07 Å². The Balaban J connectivity index is 3.25. The summed E-state index contributed by atoms with van der Waals surface area (Å²) in [6, 6.07) is 1.76. The van der Waals surface area contributed by atoms with Crippen molar-refractivity contribution in [2.45, 2.75) is 11.8 Å². The molecule has 1 aromatic heterocycles. The van der Waals surface area contributed by atoms with Crippen LogP contribution in [0.2, 0.25) is 0 Å². The zero-order valence-corrected chi connectivity index (χ0v) is 11.5. The summed E-state index contributed by atoms with van der Waals surface area (Å²) in [6.45, 7) is 0. The zero-order chi connectivity index (χ0) is 10.0. The number of nitrogens with zero attached hydrogens (tertiary/aromatic N) is 1. The molecule has 6 heteroatoms. The van der Waals surface area contributed by atoms with Crippen LogP contribution in [0.25, 0.3) is 0 Å². The van der Waals surface area contributed by atoms with Crippen LogP contribution in [0.4, 0.5) is 8.78 Å². The molecule has 0 saturated carbocycles. The molecule has 0 atom stereocenters. The van der Waals surface area contributed by atoms with Crippen molar-refractivity contribution in [1.29, 1.82) is 0 Å². The highest BCUT2D eigenvalue weighted by Crippen LogP contribution is 2.30. The molecule has 0 saturated heterocycles. The first-order valence-corrected chi connectivity index (χ1v) is 6.24.